The van der Waals surface area contributed by atoms with Crippen LogP contribution in [0.1, 0.15) is 17.6 Å². The van der Waals surface area contributed by atoms with Crippen molar-refractivity contribution in [2.75, 3.05) is 13.2 Å². The molecule has 0 bridgehead atoms. The summed E-state index contributed by atoms with van der Waals surface area (Å²) in [5, 5.41) is 0. The van der Waals surface area contributed by atoms with Crippen LogP contribution in [-0.2, 0) is 11.3 Å². The molecular weight excluding hydrogens is 295 g/mol. The van der Waals surface area contributed by atoms with E-state index in [4.69, 9.17) is 9.15 Å². The summed E-state index contributed by atoms with van der Waals surface area (Å²) in [5.74, 6) is 0.680. The summed E-state index contributed by atoms with van der Waals surface area (Å²) < 4.78 is 26.6. The summed E-state index contributed by atoms with van der Waals surface area (Å²) in [4.78, 5) is 2.23. The van der Waals surface area contributed by atoms with Crippen LogP contribution < -0.4 is 0 Å². The van der Waals surface area contributed by atoms with Gasteiger partial charge < -0.3 is 13.7 Å². The molecule has 1 aliphatic heterocycles. The molecule has 2 aromatic heterocycles. The molecule has 0 N–H and O–H groups in total. The fourth-order valence-electron chi connectivity index (χ4n) is 2.93. The predicted molar refractivity (Wildman–Crippen MR) is 83.5 cm³/mol. The molecule has 1 saturated heterocycles. The van der Waals surface area contributed by atoms with E-state index in [0.717, 1.165) is 23.6 Å². The first-order valence-corrected chi connectivity index (χ1v) is 7.61. The predicted octanol–water partition coefficient (Wildman–Crippen LogP) is 3.74. The first-order valence-electron chi connectivity index (χ1n) is 7.61. The van der Waals surface area contributed by atoms with Crippen LogP contribution in [0.4, 0.5) is 4.39 Å². The topological polar surface area (TPSA) is 30.5 Å². The van der Waals surface area contributed by atoms with Gasteiger partial charge in [-0.25, -0.2) is 4.39 Å². The summed E-state index contributed by atoms with van der Waals surface area (Å²) in [7, 11) is 0. The van der Waals surface area contributed by atoms with Crippen LogP contribution in [0.3, 0.4) is 0 Å². The van der Waals surface area contributed by atoms with Crippen LogP contribution in [-0.4, -0.2) is 22.6 Å². The number of ether oxygens (including phenoxy) is 1. The molecule has 5 heteroatoms. The number of halogens is 1. The van der Waals surface area contributed by atoms with Gasteiger partial charge in [0.25, 0.3) is 0 Å². The van der Waals surface area contributed by atoms with Crippen molar-refractivity contribution in [3.63, 3.8) is 0 Å². The third-order valence-corrected chi connectivity index (χ3v) is 4.03. The number of benzene rings is 1. The van der Waals surface area contributed by atoms with Crippen LogP contribution in [0.25, 0.3) is 5.69 Å². The Hall–Kier alpha value is -2.37. The van der Waals surface area contributed by atoms with Crippen molar-refractivity contribution in [3.8, 4) is 5.69 Å². The van der Waals surface area contributed by atoms with E-state index in [0.29, 0.717) is 13.2 Å². The molecule has 0 unspecified atom stereocenters. The second-order valence-electron chi connectivity index (χ2n) is 5.60. The van der Waals surface area contributed by atoms with Crippen molar-refractivity contribution in [3.05, 3.63) is 78.3 Å². The fraction of sp³-hybridized carbons (Fsp3) is 0.222. The summed E-state index contributed by atoms with van der Waals surface area (Å²) in [5.41, 5.74) is 1.85. The number of rotatable bonds is 4. The number of hydrogen-bond acceptors (Lipinski definition) is 3. The Labute approximate surface area is 133 Å². The molecule has 1 atom stereocenters. The summed E-state index contributed by atoms with van der Waals surface area (Å²) >= 11 is 0. The summed E-state index contributed by atoms with van der Waals surface area (Å²) in [6.07, 6.45) is 5.49. The van der Waals surface area contributed by atoms with Gasteiger partial charge in [-0.2, -0.15) is 0 Å². The Kier molecular flexibility index (Phi) is 3.73. The van der Waals surface area contributed by atoms with E-state index in [2.05, 4.69) is 4.90 Å². The smallest absolute Gasteiger partial charge is 0.138 e. The molecule has 3 aromatic rings. The van der Waals surface area contributed by atoms with Crippen molar-refractivity contribution < 1.29 is 13.5 Å². The van der Waals surface area contributed by atoms with Crippen LogP contribution in [0.15, 0.2) is 65.5 Å². The van der Waals surface area contributed by atoms with Crippen LogP contribution in [0.5, 0.6) is 0 Å². The maximum Gasteiger partial charge on any atom is 0.138 e. The minimum absolute atomic E-state index is 0.102. The maximum atomic E-state index is 13.4. The molecule has 0 saturated carbocycles. The van der Waals surface area contributed by atoms with Gasteiger partial charge in [0.2, 0.25) is 0 Å². The monoisotopic (exact) mass is 312 g/mol. The van der Waals surface area contributed by atoms with Gasteiger partial charge in [0.05, 0.1) is 19.4 Å². The standard InChI is InChI=1S/C18H17FN2O2/c19-15-3-1-4-16(11-15)20-7-6-14(12-20)18-21(8-10-23-18)13-17-5-2-9-22-17/h1-7,9,11-12,18H,8,10,13H2/t18-/m1/s1. The molecule has 0 aliphatic carbocycles. The highest BCUT2D eigenvalue weighted by molar-refractivity contribution is 5.34. The average molecular weight is 312 g/mol. The van der Waals surface area contributed by atoms with Gasteiger partial charge >= 0.3 is 0 Å². The zero-order valence-electron chi connectivity index (χ0n) is 12.6. The highest BCUT2D eigenvalue weighted by Gasteiger charge is 2.28. The van der Waals surface area contributed by atoms with Crippen LogP contribution >= 0.6 is 0 Å². The summed E-state index contributed by atoms with van der Waals surface area (Å²) in [6.45, 7) is 2.26. The van der Waals surface area contributed by atoms with Crippen LogP contribution in [0, 0.1) is 5.82 Å². The highest BCUT2D eigenvalue weighted by atomic mass is 19.1. The molecule has 1 aliphatic rings. The minimum Gasteiger partial charge on any atom is -0.468 e. The molecule has 118 valence electrons. The molecule has 23 heavy (non-hydrogen) atoms. The zero-order chi connectivity index (χ0) is 15.6. The van der Waals surface area contributed by atoms with Gasteiger partial charge in [0.1, 0.15) is 17.8 Å². The van der Waals surface area contributed by atoms with E-state index in [-0.39, 0.29) is 12.0 Å². The van der Waals surface area contributed by atoms with E-state index in [9.17, 15) is 4.39 Å². The number of furan rings is 1. The average Bonchev–Trinajstić information content (AvgIpc) is 3.29. The Balaban J connectivity index is 1.55. The van der Waals surface area contributed by atoms with E-state index in [1.54, 1.807) is 12.3 Å². The second kappa shape index (κ2) is 6.02. The largest absolute Gasteiger partial charge is 0.468 e. The molecule has 0 amide bonds. The van der Waals surface area contributed by atoms with Crippen molar-refractivity contribution in [2.45, 2.75) is 12.8 Å². The molecular formula is C18H17FN2O2. The summed E-state index contributed by atoms with van der Waals surface area (Å²) in [6, 6.07) is 12.4. The van der Waals surface area contributed by atoms with Gasteiger partial charge in [-0.05, 0) is 36.4 Å². The molecule has 0 radical (unpaired) electrons. The van der Waals surface area contributed by atoms with Gasteiger partial charge in [-0.1, -0.05) is 6.07 Å². The molecule has 1 fully saturated rings. The van der Waals surface area contributed by atoms with Crippen molar-refractivity contribution >= 4 is 0 Å². The lowest BCUT2D eigenvalue weighted by atomic mass is 10.2. The van der Waals surface area contributed by atoms with Gasteiger partial charge in [-0.15, -0.1) is 0 Å². The maximum absolute atomic E-state index is 13.4. The van der Waals surface area contributed by atoms with Crippen LogP contribution in [0.2, 0.25) is 0 Å². The fourth-order valence-corrected chi connectivity index (χ4v) is 2.93. The van der Waals surface area contributed by atoms with Crippen molar-refractivity contribution in [2.24, 2.45) is 0 Å². The lowest BCUT2D eigenvalue weighted by Crippen LogP contribution is -2.22. The molecule has 4 nitrogen and oxygen atoms in total. The Morgan fingerprint density at radius 1 is 1.17 bits per heavy atom. The minimum atomic E-state index is -0.241. The molecule has 3 heterocycles. The van der Waals surface area contributed by atoms with E-state index in [1.807, 2.05) is 41.2 Å². The van der Waals surface area contributed by atoms with E-state index >= 15 is 0 Å². The Bertz CT molecular complexity index is 782. The first kappa shape index (κ1) is 14.2. The Morgan fingerprint density at radius 3 is 2.96 bits per heavy atom. The normalized spacial score (nSPS) is 18.6. The quantitative estimate of drug-likeness (QED) is 0.735. The van der Waals surface area contributed by atoms with E-state index < -0.39 is 0 Å². The third kappa shape index (κ3) is 2.93. The first-order chi connectivity index (χ1) is 11.3. The second-order valence-corrected chi connectivity index (χ2v) is 5.60. The lowest BCUT2D eigenvalue weighted by molar-refractivity contribution is 0.0258. The van der Waals surface area contributed by atoms with Gasteiger partial charge in [-0.3, -0.25) is 4.90 Å². The van der Waals surface area contributed by atoms with Crippen molar-refractivity contribution in [1.29, 1.82) is 0 Å². The number of aromatic nitrogens is 1. The molecule has 0 spiro atoms. The molecule has 1 aromatic carbocycles. The lowest BCUT2D eigenvalue weighted by Gasteiger charge is -2.21. The van der Waals surface area contributed by atoms with Gasteiger partial charge in [0.15, 0.2) is 0 Å². The number of nitrogens with zero attached hydrogens (tertiary/aromatic N) is 2. The molecule has 4 rings (SSSR count). The zero-order valence-corrected chi connectivity index (χ0v) is 12.6. The van der Waals surface area contributed by atoms with E-state index in [1.165, 1.54) is 12.1 Å². The van der Waals surface area contributed by atoms with Gasteiger partial charge in [0, 0.05) is 30.2 Å². The van der Waals surface area contributed by atoms with Crippen molar-refractivity contribution in [1.82, 2.24) is 9.47 Å². The highest BCUT2D eigenvalue weighted by Crippen LogP contribution is 2.29. The SMILES string of the molecule is Fc1cccc(-n2ccc([C@H]3OCCN3Cc3ccco3)c2)c1. The third-order valence-electron chi connectivity index (χ3n) is 4.03. The Morgan fingerprint density at radius 2 is 2.13 bits per heavy atom. The number of hydrogen-bond donors (Lipinski definition) is 0.